The normalized spacial score (nSPS) is 18.5. The number of likely N-dealkylation sites (N-methyl/N-ethyl adjacent to an activating group) is 1. The van der Waals surface area contributed by atoms with Gasteiger partial charge >= 0.3 is 11.8 Å². The molecule has 3 amide bonds. The summed E-state index contributed by atoms with van der Waals surface area (Å²) < 4.78 is 20.7. The molecule has 3 aliphatic rings. The summed E-state index contributed by atoms with van der Waals surface area (Å²) in [5, 5.41) is 5.38. The molecule has 2 aliphatic heterocycles. The van der Waals surface area contributed by atoms with Crippen molar-refractivity contribution in [2.45, 2.75) is 50.8 Å². The van der Waals surface area contributed by atoms with E-state index in [1.54, 1.807) is 0 Å². The fourth-order valence-corrected chi connectivity index (χ4v) is 5.77. The van der Waals surface area contributed by atoms with Gasteiger partial charge in [-0.1, -0.05) is 42.5 Å². The maximum Gasteiger partial charge on any atom is 0.311 e. The Morgan fingerprint density at radius 1 is 1.02 bits per heavy atom. The lowest BCUT2D eigenvalue weighted by Crippen LogP contribution is -2.48. The van der Waals surface area contributed by atoms with Crippen LogP contribution >= 0.6 is 0 Å². The van der Waals surface area contributed by atoms with Gasteiger partial charge in [-0.3, -0.25) is 28.5 Å². The number of aromatic nitrogens is 2. The largest absolute Gasteiger partial charge is 0.481 e. The number of carbonyl (C=O) groups excluding carboxylic acids is 4. The van der Waals surface area contributed by atoms with Crippen LogP contribution in [0.4, 0.5) is 4.39 Å². The molecular weight excluding hydrogens is 569 g/mol. The second-order valence-corrected chi connectivity index (χ2v) is 11.4. The Labute approximate surface area is 253 Å². The molecule has 0 saturated heterocycles. The zero-order valence-corrected chi connectivity index (χ0v) is 24.5. The first-order valence-corrected chi connectivity index (χ1v) is 14.5. The van der Waals surface area contributed by atoms with Crippen LogP contribution in [0.2, 0.25) is 0 Å². The van der Waals surface area contributed by atoms with E-state index in [1.807, 2.05) is 30.3 Å². The molecule has 2 aromatic carbocycles. The Balaban J connectivity index is 1.44. The molecule has 1 saturated carbocycles. The van der Waals surface area contributed by atoms with Crippen molar-refractivity contribution in [2.75, 3.05) is 20.6 Å². The van der Waals surface area contributed by atoms with Crippen LogP contribution in [0, 0.1) is 11.7 Å². The topological polar surface area (TPSA) is 140 Å². The van der Waals surface area contributed by atoms with Gasteiger partial charge in [-0.05, 0) is 48.4 Å². The standard InChI is InChI=1S/C32H34FN5O6/c1-37(2)32(43)30(41)35-25-15-21-10-13-24(25)28-36-26(29(40)34-16-23(39)14-19-8-11-22(33)12-9-19)27(31(42)38(28)17-21)44-18-20-6-4-3-5-7-20/h3-9,11-12,21,24-25H,10,13-18H2,1-2H3,(H,34,40)(H,35,41). The number of rotatable bonds is 9. The molecule has 1 aromatic heterocycles. The number of Topliss-reactive ketones (excluding diaryl/α,β-unsaturated/α-hetero) is 1. The second kappa shape index (κ2) is 13.2. The molecule has 6 rings (SSSR count). The van der Waals surface area contributed by atoms with Gasteiger partial charge in [-0.15, -0.1) is 0 Å². The van der Waals surface area contributed by atoms with E-state index in [0.717, 1.165) is 12.0 Å². The zero-order chi connectivity index (χ0) is 31.4. The molecule has 3 aromatic rings. The van der Waals surface area contributed by atoms with Crippen molar-refractivity contribution < 1.29 is 28.3 Å². The van der Waals surface area contributed by atoms with E-state index < -0.39 is 41.1 Å². The molecule has 1 fully saturated rings. The average Bonchev–Trinajstić information content (AvgIpc) is 3.28. The number of hydrogen-bond acceptors (Lipinski definition) is 7. The van der Waals surface area contributed by atoms with Crippen LogP contribution in [0.25, 0.3) is 0 Å². The molecule has 0 radical (unpaired) electrons. The van der Waals surface area contributed by atoms with E-state index in [4.69, 9.17) is 4.74 Å². The van der Waals surface area contributed by atoms with Gasteiger partial charge in [0.25, 0.3) is 11.5 Å². The van der Waals surface area contributed by atoms with Gasteiger partial charge in [0.2, 0.25) is 5.75 Å². The van der Waals surface area contributed by atoms with Crippen molar-refractivity contribution in [3.63, 3.8) is 0 Å². The summed E-state index contributed by atoms with van der Waals surface area (Å²) in [7, 11) is 2.98. The molecule has 3 unspecified atom stereocenters. The number of nitrogens with one attached hydrogen (secondary N) is 2. The third kappa shape index (κ3) is 6.85. The maximum atomic E-state index is 13.9. The molecule has 0 spiro atoms. The Bertz CT molecular complexity index is 1620. The third-order valence-corrected chi connectivity index (χ3v) is 8.01. The van der Waals surface area contributed by atoms with Crippen LogP contribution in [-0.4, -0.2) is 64.6 Å². The van der Waals surface area contributed by atoms with Gasteiger partial charge < -0.3 is 20.3 Å². The smallest absolute Gasteiger partial charge is 0.311 e. The van der Waals surface area contributed by atoms with E-state index in [-0.39, 0.29) is 42.7 Å². The molecule has 2 bridgehead atoms. The van der Waals surface area contributed by atoms with E-state index in [9.17, 15) is 28.4 Å². The van der Waals surface area contributed by atoms with Crippen molar-refractivity contribution in [1.82, 2.24) is 25.1 Å². The molecule has 1 aliphatic carbocycles. The number of hydrogen-bond donors (Lipinski definition) is 2. The summed E-state index contributed by atoms with van der Waals surface area (Å²) in [6.07, 6.45) is 1.90. The highest BCUT2D eigenvalue weighted by Crippen LogP contribution is 2.40. The van der Waals surface area contributed by atoms with Crippen molar-refractivity contribution in [1.29, 1.82) is 0 Å². The SMILES string of the molecule is CN(C)C(=O)C(=O)NC1CC2CCC1c1nc(C(=O)NCC(=O)Cc3ccc(F)cc3)c(OCc3ccccc3)c(=O)n1C2. The lowest BCUT2D eigenvalue weighted by atomic mass is 9.79. The van der Waals surface area contributed by atoms with Crippen molar-refractivity contribution in [3.05, 3.63) is 93.4 Å². The highest BCUT2D eigenvalue weighted by Gasteiger charge is 2.41. The summed E-state index contributed by atoms with van der Waals surface area (Å²) in [5.41, 5.74) is 0.588. The number of ether oxygens (including phenoxy) is 1. The van der Waals surface area contributed by atoms with Crippen LogP contribution < -0.4 is 20.9 Å². The molecule has 44 heavy (non-hydrogen) atoms. The number of benzene rings is 2. The highest BCUT2D eigenvalue weighted by atomic mass is 19.1. The summed E-state index contributed by atoms with van der Waals surface area (Å²) >= 11 is 0. The van der Waals surface area contributed by atoms with Crippen LogP contribution in [0.3, 0.4) is 0 Å². The summed E-state index contributed by atoms with van der Waals surface area (Å²) in [6, 6.07) is 14.2. The van der Waals surface area contributed by atoms with Gasteiger partial charge in [0, 0.05) is 39.0 Å². The van der Waals surface area contributed by atoms with Crippen LogP contribution in [0.5, 0.6) is 5.75 Å². The Morgan fingerprint density at radius 3 is 2.45 bits per heavy atom. The van der Waals surface area contributed by atoms with Crippen molar-refractivity contribution in [2.24, 2.45) is 5.92 Å². The Morgan fingerprint density at radius 2 is 1.75 bits per heavy atom. The first kappa shape index (κ1) is 30.6. The zero-order valence-electron chi connectivity index (χ0n) is 24.5. The molecule has 12 heteroatoms. The predicted octanol–water partition coefficient (Wildman–Crippen LogP) is 1.97. The monoisotopic (exact) mass is 603 g/mol. The molecule has 11 nitrogen and oxygen atoms in total. The van der Waals surface area contributed by atoms with E-state index >= 15 is 0 Å². The molecule has 230 valence electrons. The maximum absolute atomic E-state index is 13.9. The van der Waals surface area contributed by atoms with Gasteiger partial charge in [-0.2, -0.15) is 0 Å². The number of carbonyl (C=O) groups is 4. The lowest BCUT2D eigenvalue weighted by Gasteiger charge is -2.32. The van der Waals surface area contributed by atoms with Gasteiger partial charge in [0.1, 0.15) is 18.2 Å². The number of halogens is 1. The van der Waals surface area contributed by atoms with E-state index in [2.05, 4.69) is 15.6 Å². The first-order valence-electron chi connectivity index (χ1n) is 14.5. The van der Waals surface area contributed by atoms with Gasteiger partial charge in [0.15, 0.2) is 11.5 Å². The number of ketones is 1. The van der Waals surface area contributed by atoms with Crippen molar-refractivity contribution >= 4 is 23.5 Å². The minimum absolute atomic E-state index is 0.0130. The molecule has 3 atom stereocenters. The van der Waals surface area contributed by atoms with Crippen LogP contribution in [0.15, 0.2) is 59.4 Å². The summed E-state index contributed by atoms with van der Waals surface area (Å²) in [6.45, 7) is -0.00421. The Kier molecular flexibility index (Phi) is 9.17. The highest BCUT2D eigenvalue weighted by molar-refractivity contribution is 6.34. The average molecular weight is 604 g/mol. The molecular formula is C32H34FN5O6. The lowest BCUT2D eigenvalue weighted by molar-refractivity contribution is -0.144. The Hall–Kier alpha value is -4.87. The number of fused-ring (bicyclic) bond motifs is 2. The fourth-order valence-electron chi connectivity index (χ4n) is 5.77. The number of nitrogens with zero attached hydrogens (tertiary/aromatic N) is 3. The van der Waals surface area contributed by atoms with Crippen LogP contribution in [0.1, 0.15) is 52.6 Å². The summed E-state index contributed by atoms with van der Waals surface area (Å²) in [4.78, 5) is 70.8. The van der Waals surface area contributed by atoms with Gasteiger partial charge in [-0.25, -0.2) is 9.37 Å². The predicted molar refractivity (Wildman–Crippen MR) is 157 cm³/mol. The minimum Gasteiger partial charge on any atom is -0.481 e. The fraction of sp³-hybridized carbons (Fsp3) is 0.375. The third-order valence-electron chi connectivity index (χ3n) is 8.01. The minimum atomic E-state index is -0.761. The summed E-state index contributed by atoms with van der Waals surface area (Å²) in [5.74, 6) is -3.23. The molecule has 2 N–H and O–H groups in total. The quantitative estimate of drug-likeness (QED) is 0.357. The van der Waals surface area contributed by atoms with E-state index in [1.165, 1.54) is 47.8 Å². The molecule has 3 heterocycles. The van der Waals surface area contributed by atoms with Crippen LogP contribution in [-0.2, 0) is 34.0 Å². The van der Waals surface area contributed by atoms with E-state index in [0.29, 0.717) is 30.8 Å². The van der Waals surface area contributed by atoms with Gasteiger partial charge in [0.05, 0.1) is 6.54 Å². The second-order valence-electron chi connectivity index (χ2n) is 11.4. The number of amides is 3. The van der Waals surface area contributed by atoms with Crippen molar-refractivity contribution in [3.8, 4) is 5.75 Å². The first-order chi connectivity index (χ1) is 21.1.